The molecule has 0 heterocycles. The number of carbonyl (C=O) groups is 2. The summed E-state index contributed by atoms with van der Waals surface area (Å²) in [5.74, 6) is -0.185. The maximum absolute atomic E-state index is 12.4. The van der Waals surface area contributed by atoms with Crippen molar-refractivity contribution < 1.29 is 14.7 Å². The third-order valence-electron chi connectivity index (χ3n) is 3.47. The number of aldehydes is 1. The van der Waals surface area contributed by atoms with Crippen LogP contribution in [-0.2, 0) is 0 Å². The van der Waals surface area contributed by atoms with Crippen molar-refractivity contribution in [3.05, 3.63) is 47.5 Å². The van der Waals surface area contributed by atoms with Crippen LogP contribution in [0.2, 0.25) is 0 Å². The maximum atomic E-state index is 12.4. The highest BCUT2D eigenvalue weighted by molar-refractivity contribution is 6.01. The van der Waals surface area contributed by atoms with Crippen LogP contribution < -0.4 is 0 Å². The molecule has 1 N–H and O–H groups in total. The van der Waals surface area contributed by atoms with Gasteiger partial charge in [0.05, 0.1) is 11.7 Å². The predicted molar refractivity (Wildman–Crippen MR) is 72.1 cm³/mol. The zero-order valence-electron chi connectivity index (χ0n) is 10.8. The Kier molecular flexibility index (Phi) is 4.12. The molecule has 0 aromatic heterocycles. The Morgan fingerprint density at radius 2 is 2.16 bits per heavy atom. The minimum absolute atomic E-state index is 0.0350. The van der Waals surface area contributed by atoms with Crippen LogP contribution >= 0.6 is 0 Å². The molecule has 1 amide bonds. The first-order chi connectivity index (χ1) is 9.13. The maximum Gasteiger partial charge on any atom is 0.254 e. The molecule has 0 bridgehead atoms. The fourth-order valence-electron chi connectivity index (χ4n) is 2.31. The van der Waals surface area contributed by atoms with Crippen LogP contribution in [-0.4, -0.2) is 41.4 Å². The van der Waals surface area contributed by atoms with Crippen molar-refractivity contribution in [2.24, 2.45) is 0 Å². The summed E-state index contributed by atoms with van der Waals surface area (Å²) in [6.45, 7) is 0. The fraction of sp³-hybridized carbons (Fsp3) is 0.333. The Balaban J connectivity index is 2.19. The molecule has 1 aliphatic rings. The molecule has 2 rings (SSSR count). The molecule has 2 atom stereocenters. The highest BCUT2D eigenvalue weighted by Gasteiger charge is 2.25. The molecular formula is C15H17NO3. The summed E-state index contributed by atoms with van der Waals surface area (Å²) in [5.41, 5.74) is 0.801. The second kappa shape index (κ2) is 5.80. The normalized spacial score (nSPS) is 22.0. The van der Waals surface area contributed by atoms with Gasteiger partial charge in [0.2, 0.25) is 0 Å². The number of nitrogens with zero attached hydrogens (tertiary/aromatic N) is 1. The molecule has 0 fully saturated rings. The molecule has 4 heteroatoms. The minimum atomic E-state index is -0.504. The van der Waals surface area contributed by atoms with E-state index in [2.05, 4.69) is 0 Å². The SMILES string of the molecule is CN(C(=O)c1ccccc1C=O)C1CC=CC(O)C1. The van der Waals surface area contributed by atoms with Crippen LogP contribution in [0.25, 0.3) is 0 Å². The van der Waals surface area contributed by atoms with Gasteiger partial charge < -0.3 is 10.0 Å². The van der Waals surface area contributed by atoms with Crippen molar-refractivity contribution in [1.29, 1.82) is 0 Å². The van der Waals surface area contributed by atoms with Crippen LogP contribution in [0, 0.1) is 0 Å². The zero-order chi connectivity index (χ0) is 13.8. The number of amides is 1. The number of aliphatic hydroxyl groups is 1. The largest absolute Gasteiger partial charge is 0.389 e. The van der Waals surface area contributed by atoms with Gasteiger partial charge in [0.25, 0.3) is 5.91 Å². The third-order valence-corrected chi connectivity index (χ3v) is 3.47. The van der Waals surface area contributed by atoms with E-state index in [0.29, 0.717) is 23.8 Å². The molecule has 0 radical (unpaired) electrons. The van der Waals surface area contributed by atoms with Crippen molar-refractivity contribution >= 4 is 12.2 Å². The Morgan fingerprint density at radius 3 is 2.84 bits per heavy atom. The molecule has 0 saturated heterocycles. The highest BCUT2D eigenvalue weighted by atomic mass is 16.3. The lowest BCUT2D eigenvalue weighted by molar-refractivity contribution is 0.0670. The molecule has 4 nitrogen and oxygen atoms in total. The highest BCUT2D eigenvalue weighted by Crippen LogP contribution is 2.19. The molecule has 1 aliphatic carbocycles. The smallest absolute Gasteiger partial charge is 0.254 e. The molecule has 1 aromatic carbocycles. The van der Waals surface area contributed by atoms with E-state index in [1.807, 2.05) is 6.08 Å². The van der Waals surface area contributed by atoms with E-state index in [9.17, 15) is 14.7 Å². The second-order valence-corrected chi connectivity index (χ2v) is 4.74. The average Bonchev–Trinajstić information content (AvgIpc) is 2.45. The number of aliphatic hydroxyl groups excluding tert-OH is 1. The van der Waals surface area contributed by atoms with Gasteiger partial charge in [0.15, 0.2) is 6.29 Å². The van der Waals surface area contributed by atoms with Crippen molar-refractivity contribution in [2.75, 3.05) is 7.05 Å². The van der Waals surface area contributed by atoms with Gasteiger partial charge in [-0.3, -0.25) is 9.59 Å². The van der Waals surface area contributed by atoms with E-state index in [4.69, 9.17) is 0 Å². The van der Waals surface area contributed by atoms with Crippen LogP contribution in [0.4, 0.5) is 0 Å². The lowest BCUT2D eigenvalue weighted by Crippen LogP contribution is -2.40. The Labute approximate surface area is 112 Å². The van der Waals surface area contributed by atoms with Crippen molar-refractivity contribution in [2.45, 2.75) is 25.0 Å². The Morgan fingerprint density at radius 1 is 1.42 bits per heavy atom. The van der Waals surface area contributed by atoms with E-state index in [0.717, 1.165) is 6.42 Å². The molecule has 0 saturated carbocycles. The minimum Gasteiger partial charge on any atom is -0.389 e. The number of hydrogen-bond donors (Lipinski definition) is 1. The van der Waals surface area contributed by atoms with Crippen molar-refractivity contribution in [3.8, 4) is 0 Å². The summed E-state index contributed by atoms with van der Waals surface area (Å²) in [5, 5.41) is 9.60. The van der Waals surface area contributed by atoms with Gasteiger partial charge in [-0.1, -0.05) is 30.4 Å². The molecule has 2 unspecified atom stereocenters. The monoisotopic (exact) mass is 259 g/mol. The number of hydrogen-bond acceptors (Lipinski definition) is 3. The first-order valence-electron chi connectivity index (χ1n) is 6.29. The van der Waals surface area contributed by atoms with Crippen LogP contribution in [0.3, 0.4) is 0 Å². The van der Waals surface area contributed by atoms with Gasteiger partial charge in [-0.05, 0) is 18.9 Å². The van der Waals surface area contributed by atoms with Gasteiger partial charge in [0, 0.05) is 18.7 Å². The van der Waals surface area contributed by atoms with Gasteiger partial charge >= 0.3 is 0 Å². The van der Waals surface area contributed by atoms with E-state index in [1.54, 1.807) is 42.3 Å². The van der Waals surface area contributed by atoms with Crippen molar-refractivity contribution in [1.82, 2.24) is 4.90 Å². The van der Waals surface area contributed by atoms with E-state index < -0.39 is 6.10 Å². The fourth-order valence-corrected chi connectivity index (χ4v) is 2.31. The first-order valence-corrected chi connectivity index (χ1v) is 6.29. The van der Waals surface area contributed by atoms with E-state index >= 15 is 0 Å². The number of benzene rings is 1. The van der Waals surface area contributed by atoms with Gasteiger partial charge in [-0.2, -0.15) is 0 Å². The van der Waals surface area contributed by atoms with E-state index in [1.165, 1.54) is 0 Å². The van der Waals surface area contributed by atoms with Crippen LogP contribution in [0.1, 0.15) is 33.6 Å². The lowest BCUT2D eigenvalue weighted by atomic mass is 9.97. The van der Waals surface area contributed by atoms with Crippen molar-refractivity contribution in [3.63, 3.8) is 0 Å². The quantitative estimate of drug-likeness (QED) is 0.663. The van der Waals surface area contributed by atoms with Gasteiger partial charge in [-0.15, -0.1) is 0 Å². The number of carbonyl (C=O) groups excluding carboxylic acids is 2. The summed E-state index contributed by atoms with van der Waals surface area (Å²) in [4.78, 5) is 25.0. The molecule has 0 aliphatic heterocycles. The summed E-state index contributed by atoms with van der Waals surface area (Å²) >= 11 is 0. The van der Waals surface area contributed by atoms with Gasteiger partial charge in [-0.25, -0.2) is 0 Å². The van der Waals surface area contributed by atoms with Crippen LogP contribution in [0.5, 0.6) is 0 Å². The average molecular weight is 259 g/mol. The topological polar surface area (TPSA) is 57.6 Å². The molecular weight excluding hydrogens is 242 g/mol. The molecule has 100 valence electrons. The van der Waals surface area contributed by atoms with Crippen LogP contribution in [0.15, 0.2) is 36.4 Å². The summed E-state index contributed by atoms with van der Waals surface area (Å²) in [6, 6.07) is 6.71. The number of rotatable bonds is 3. The Hall–Kier alpha value is -1.94. The lowest BCUT2D eigenvalue weighted by Gasteiger charge is -2.31. The standard InChI is InChI=1S/C15H17NO3/c1-16(12-6-4-7-13(18)9-12)15(19)14-8-3-2-5-11(14)10-17/h2-5,7-8,10,12-13,18H,6,9H2,1H3. The Bertz CT molecular complexity index is 510. The molecule has 1 aromatic rings. The predicted octanol–water partition coefficient (Wildman–Crippen LogP) is 1.65. The summed E-state index contributed by atoms with van der Waals surface area (Å²) in [7, 11) is 1.71. The third kappa shape index (κ3) is 2.90. The first kappa shape index (κ1) is 13.5. The molecule has 19 heavy (non-hydrogen) atoms. The summed E-state index contributed by atoms with van der Waals surface area (Å²) < 4.78 is 0. The van der Waals surface area contributed by atoms with E-state index in [-0.39, 0.29) is 11.9 Å². The molecule has 0 spiro atoms. The van der Waals surface area contributed by atoms with Gasteiger partial charge in [0.1, 0.15) is 0 Å². The summed E-state index contributed by atoms with van der Waals surface area (Å²) in [6.07, 6.45) is 5.07. The second-order valence-electron chi connectivity index (χ2n) is 4.74. The zero-order valence-corrected chi connectivity index (χ0v) is 10.8.